The van der Waals surface area contributed by atoms with Crippen LogP contribution in [0.3, 0.4) is 0 Å². The predicted molar refractivity (Wildman–Crippen MR) is 91.7 cm³/mol. The number of nitrogens with zero attached hydrogens (tertiary/aromatic N) is 2. The molecule has 0 spiro atoms. The number of morpholine rings is 1. The quantitative estimate of drug-likeness (QED) is 0.841. The van der Waals surface area contributed by atoms with Gasteiger partial charge in [0.15, 0.2) is 0 Å². The third-order valence-corrected chi connectivity index (χ3v) is 5.01. The van der Waals surface area contributed by atoms with E-state index in [0.29, 0.717) is 18.2 Å². The molecule has 0 aromatic heterocycles. The van der Waals surface area contributed by atoms with Crippen molar-refractivity contribution in [3.05, 3.63) is 35.4 Å². The minimum atomic E-state index is 0.173. The highest BCUT2D eigenvalue weighted by Crippen LogP contribution is 2.22. The molecule has 2 aliphatic rings. The number of ether oxygens (including phenoxy) is 1. The fraction of sp³-hybridized carbons (Fsp3) is 0.632. The molecule has 126 valence electrons. The molecule has 0 aliphatic carbocycles. The van der Waals surface area contributed by atoms with Gasteiger partial charge in [0.25, 0.3) is 5.91 Å². The summed E-state index contributed by atoms with van der Waals surface area (Å²) in [5.74, 6) is 0.173. The number of benzene rings is 1. The molecular formula is C19H28N2O2. The maximum absolute atomic E-state index is 12.6. The molecule has 2 saturated heterocycles. The van der Waals surface area contributed by atoms with E-state index in [2.05, 4.69) is 18.7 Å². The Morgan fingerprint density at radius 1 is 1.04 bits per heavy atom. The zero-order valence-corrected chi connectivity index (χ0v) is 14.5. The number of piperidine rings is 1. The molecular weight excluding hydrogens is 288 g/mol. The van der Waals surface area contributed by atoms with Crippen LogP contribution in [0.5, 0.6) is 0 Å². The zero-order valence-electron chi connectivity index (χ0n) is 14.5. The fourth-order valence-electron chi connectivity index (χ4n) is 3.83. The van der Waals surface area contributed by atoms with Crippen molar-refractivity contribution in [1.82, 2.24) is 9.80 Å². The van der Waals surface area contributed by atoms with Gasteiger partial charge in [-0.1, -0.05) is 17.7 Å². The van der Waals surface area contributed by atoms with Crippen LogP contribution in [0.15, 0.2) is 24.3 Å². The first-order valence-electron chi connectivity index (χ1n) is 8.78. The van der Waals surface area contributed by atoms with Gasteiger partial charge in [0.2, 0.25) is 0 Å². The molecule has 23 heavy (non-hydrogen) atoms. The predicted octanol–water partition coefficient (Wildman–Crippen LogP) is 2.71. The summed E-state index contributed by atoms with van der Waals surface area (Å²) in [6, 6.07) is 8.49. The van der Waals surface area contributed by atoms with Crippen LogP contribution in [-0.2, 0) is 4.74 Å². The van der Waals surface area contributed by atoms with Gasteiger partial charge in [-0.2, -0.15) is 0 Å². The smallest absolute Gasteiger partial charge is 0.253 e. The number of amides is 1. The Morgan fingerprint density at radius 3 is 2.17 bits per heavy atom. The molecule has 0 N–H and O–H groups in total. The molecule has 0 unspecified atom stereocenters. The van der Waals surface area contributed by atoms with Gasteiger partial charge in [-0.05, 0) is 45.7 Å². The number of aryl methyl sites for hydroxylation is 1. The van der Waals surface area contributed by atoms with Crippen molar-refractivity contribution < 1.29 is 9.53 Å². The second kappa shape index (κ2) is 7.02. The molecule has 2 heterocycles. The highest BCUT2D eigenvalue weighted by atomic mass is 16.5. The van der Waals surface area contributed by atoms with E-state index in [-0.39, 0.29) is 5.91 Å². The largest absolute Gasteiger partial charge is 0.373 e. The standard InChI is InChI=1S/C19H28N2O2/c1-14-4-6-17(7-5-14)19(22)20-10-8-18(9-11-20)21-12-15(2)23-16(3)13-21/h4-7,15-16,18H,8-13H2,1-3H3/t15-,16-/m0/s1. The monoisotopic (exact) mass is 316 g/mol. The maximum Gasteiger partial charge on any atom is 0.253 e. The van der Waals surface area contributed by atoms with Crippen LogP contribution in [0.25, 0.3) is 0 Å². The first-order chi connectivity index (χ1) is 11.0. The van der Waals surface area contributed by atoms with Gasteiger partial charge in [0.05, 0.1) is 12.2 Å². The van der Waals surface area contributed by atoms with Gasteiger partial charge in [-0.25, -0.2) is 0 Å². The highest BCUT2D eigenvalue weighted by Gasteiger charge is 2.31. The first-order valence-corrected chi connectivity index (χ1v) is 8.78. The second-order valence-electron chi connectivity index (χ2n) is 7.10. The van der Waals surface area contributed by atoms with Gasteiger partial charge in [0, 0.05) is 37.8 Å². The van der Waals surface area contributed by atoms with Crippen LogP contribution in [0.4, 0.5) is 0 Å². The van der Waals surface area contributed by atoms with Crippen LogP contribution < -0.4 is 0 Å². The minimum absolute atomic E-state index is 0.173. The number of hydrogen-bond donors (Lipinski definition) is 0. The summed E-state index contributed by atoms with van der Waals surface area (Å²) < 4.78 is 5.83. The summed E-state index contributed by atoms with van der Waals surface area (Å²) in [6.07, 6.45) is 2.76. The summed E-state index contributed by atoms with van der Waals surface area (Å²) in [6.45, 7) is 10.1. The lowest BCUT2D eigenvalue weighted by atomic mass is 10.0. The topological polar surface area (TPSA) is 32.8 Å². The average Bonchev–Trinajstić information content (AvgIpc) is 2.54. The van der Waals surface area contributed by atoms with Crippen molar-refractivity contribution in [3.63, 3.8) is 0 Å². The Kier molecular flexibility index (Phi) is 5.02. The van der Waals surface area contributed by atoms with Gasteiger partial charge in [-0.3, -0.25) is 9.69 Å². The summed E-state index contributed by atoms with van der Waals surface area (Å²) in [5, 5.41) is 0. The Balaban J connectivity index is 1.55. The van der Waals surface area contributed by atoms with E-state index in [1.54, 1.807) is 0 Å². The number of carbonyl (C=O) groups excluding carboxylic acids is 1. The van der Waals surface area contributed by atoms with Crippen molar-refractivity contribution in [3.8, 4) is 0 Å². The van der Waals surface area contributed by atoms with Crippen LogP contribution >= 0.6 is 0 Å². The lowest BCUT2D eigenvalue weighted by Gasteiger charge is -2.43. The number of rotatable bonds is 2. The van der Waals surface area contributed by atoms with E-state index >= 15 is 0 Å². The molecule has 2 fully saturated rings. The van der Waals surface area contributed by atoms with E-state index in [1.165, 1.54) is 5.56 Å². The normalized spacial score (nSPS) is 27.2. The molecule has 0 bridgehead atoms. The molecule has 1 amide bonds. The third-order valence-electron chi connectivity index (χ3n) is 5.01. The molecule has 0 radical (unpaired) electrons. The van der Waals surface area contributed by atoms with E-state index < -0.39 is 0 Å². The lowest BCUT2D eigenvalue weighted by Crippen LogP contribution is -2.53. The lowest BCUT2D eigenvalue weighted by molar-refractivity contribution is -0.0856. The van der Waals surface area contributed by atoms with Gasteiger partial charge >= 0.3 is 0 Å². The summed E-state index contributed by atoms with van der Waals surface area (Å²) in [5.41, 5.74) is 2.00. The maximum atomic E-state index is 12.6. The summed E-state index contributed by atoms with van der Waals surface area (Å²) >= 11 is 0. The molecule has 4 heteroatoms. The number of hydrogen-bond acceptors (Lipinski definition) is 3. The van der Waals surface area contributed by atoms with E-state index in [9.17, 15) is 4.79 Å². The second-order valence-corrected chi connectivity index (χ2v) is 7.10. The number of likely N-dealkylation sites (tertiary alicyclic amines) is 1. The number of carbonyl (C=O) groups is 1. The van der Waals surface area contributed by atoms with Gasteiger partial charge in [0.1, 0.15) is 0 Å². The summed E-state index contributed by atoms with van der Waals surface area (Å²) in [7, 11) is 0. The van der Waals surface area contributed by atoms with Crippen molar-refractivity contribution in [1.29, 1.82) is 0 Å². The Labute approximate surface area is 139 Å². The molecule has 2 aliphatic heterocycles. The van der Waals surface area contributed by atoms with Crippen molar-refractivity contribution in [2.45, 2.75) is 51.9 Å². The first kappa shape index (κ1) is 16.5. The third kappa shape index (κ3) is 3.93. The van der Waals surface area contributed by atoms with Crippen molar-refractivity contribution >= 4 is 5.91 Å². The SMILES string of the molecule is Cc1ccc(C(=O)N2CCC(N3C[C@H](C)O[C@@H](C)C3)CC2)cc1. The van der Waals surface area contributed by atoms with Crippen molar-refractivity contribution in [2.24, 2.45) is 0 Å². The van der Waals surface area contributed by atoms with Crippen LogP contribution in [0.1, 0.15) is 42.6 Å². The molecule has 0 saturated carbocycles. The zero-order chi connectivity index (χ0) is 16.4. The summed E-state index contributed by atoms with van der Waals surface area (Å²) in [4.78, 5) is 17.2. The van der Waals surface area contributed by atoms with Gasteiger partial charge in [-0.15, -0.1) is 0 Å². The Hall–Kier alpha value is -1.39. The van der Waals surface area contributed by atoms with Crippen LogP contribution in [0, 0.1) is 6.92 Å². The highest BCUT2D eigenvalue weighted by molar-refractivity contribution is 5.94. The van der Waals surface area contributed by atoms with E-state index in [4.69, 9.17) is 4.74 Å². The molecule has 1 aromatic rings. The van der Waals surface area contributed by atoms with Gasteiger partial charge < -0.3 is 9.64 Å². The average molecular weight is 316 g/mol. The fourth-order valence-corrected chi connectivity index (χ4v) is 3.83. The molecule has 3 rings (SSSR count). The van der Waals surface area contributed by atoms with Crippen LogP contribution in [0.2, 0.25) is 0 Å². The Morgan fingerprint density at radius 2 is 1.61 bits per heavy atom. The van der Waals surface area contributed by atoms with E-state index in [1.807, 2.05) is 36.1 Å². The molecule has 2 atom stereocenters. The molecule has 4 nitrogen and oxygen atoms in total. The van der Waals surface area contributed by atoms with Crippen LogP contribution in [-0.4, -0.2) is 60.1 Å². The molecule has 1 aromatic carbocycles. The van der Waals surface area contributed by atoms with Crippen molar-refractivity contribution in [2.75, 3.05) is 26.2 Å². The van der Waals surface area contributed by atoms with E-state index in [0.717, 1.165) is 44.6 Å². The Bertz CT molecular complexity index is 525. The minimum Gasteiger partial charge on any atom is -0.373 e.